The third-order valence-corrected chi connectivity index (χ3v) is 9.18. The first kappa shape index (κ1) is 142. The first-order chi connectivity index (χ1) is 49.6. The van der Waals surface area contributed by atoms with Gasteiger partial charge in [-0.2, -0.15) is 0 Å². The van der Waals surface area contributed by atoms with Crippen LogP contribution in [0.4, 0.5) is 57.5 Å². The molecule has 0 saturated carbocycles. The number of hydrogen-bond acceptors (Lipinski definition) is 24. The highest BCUT2D eigenvalue weighted by molar-refractivity contribution is 6.31. The van der Waals surface area contributed by atoms with Gasteiger partial charge in [0, 0.05) is 338 Å². The van der Waals surface area contributed by atoms with E-state index >= 15 is 0 Å². The zero-order valence-corrected chi connectivity index (χ0v) is 77.3. The van der Waals surface area contributed by atoms with Crippen molar-refractivity contribution in [2.24, 2.45) is 0 Å². The Kier molecular flexibility index (Phi) is 107. The molecule has 112 heavy (non-hydrogen) atoms. The Bertz CT molecular complexity index is 1680. The summed E-state index contributed by atoms with van der Waals surface area (Å²) >= 11 is 0. The molecule has 0 radical (unpaired) electrons. The minimum Gasteiger partial charge on any atom is -0.402 e. The molecule has 0 spiro atoms. The van der Waals surface area contributed by atoms with Crippen LogP contribution in [0.2, 0.25) is 0 Å². The fourth-order valence-corrected chi connectivity index (χ4v) is 4.80. The highest BCUT2D eigenvalue weighted by Crippen LogP contribution is 1.91. The van der Waals surface area contributed by atoms with Crippen LogP contribution in [-0.4, -0.2) is 618 Å². The molecule has 0 rings (SSSR count). The van der Waals surface area contributed by atoms with Gasteiger partial charge in [0.1, 0.15) is 0 Å². The van der Waals surface area contributed by atoms with Crippen molar-refractivity contribution in [3.05, 3.63) is 0 Å². The zero-order chi connectivity index (χ0) is 95.1. The first-order valence-corrected chi connectivity index (χ1v) is 32.4. The van der Waals surface area contributed by atoms with Crippen LogP contribution in [0.15, 0.2) is 0 Å². The van der Waals surface area contributed by atoms with Gasteiger partial charge in [0.2, 0.25) is 0 Å². The molecular formula is C60H156B4N24O24. The molecule has 0 heterocycles. The quantitative estimate of drug-likeness (QED) is 0.101. The van der Waals surface area contributed by atoms with Gasteiger partial charge in [-0.3, -0.25) is 0 Å². The van der Waals surface area contributed by atoms with Crippen LogP contribution in [0.25, 0.3) is 0 Å². The van der Waals surface area contributed by atoms with E-state index in [1.807, 2.05) is 0 Å². The molecule has 12 N–H and O–H groups in total. The highest BCUT2D eigenvalue weighted by atomic mass is 16.5. The van der Waals surface area contributed by atoms with Gasteiger partial charge in [-0.1, -0.05) is 0 Å². The molecule has 24 amide bonds. The van der Waals surface area contributed by atoms with Gasteiger partial charge in [-0.05, 0) is 0 Å². The molecule has 52 heteroatoms. The van der Waals surface area contributed by atoms with Gasteiger partial charge in [-0.15, -0.1) is 0 Å². The third-order valence-electron chi connectivity index (χ3n) is 9.18. The lowest BCUT2D eigenvalue weighted by Gasteiger charge is -2.16. The number of carbonyl (C=O) groups excluding carboxylic acids is 12. The molecule has 0 aromatic rings. The van der Waals surface area contributed by atoms with Gasteiger partial charge in [0.05, 0.1) is 0 Å². The van der Waals surface area contributed by atoms with Crippen LogP contribution in [0.3, 0.4) is 0 Å². The topological polar surface area (TPSA) is 525 Å². The summed E-state index contributed by atoms with van der Waals surface area (Å²) in [5.74, 6) is 0. The molecule has 0 aliphatic rings. The second-order valence-electron chi connectivity index (χ2n) is 26.2. The van der Waals surface area contributed by atoms with Crippen molar-refractivity contribution in [2.75, 3.05) is 338 Å². The Morgan fingerprint density at radius 2 is 0.125 bits per heavy atom. The largest absolute Gasteiger partial charge is 0.631 e. The minimum absolute atomic E-state index is 0.0185. The van der Waals surface area contributed by atoms with Crippen molar-refractivity contribution in [3.63, 3.8) is 0 Å². The Labute approximate surface area is 673 Å². The number of rotatable bonds is 0. The molecule has 0 aromatic carbocycles. The summed E-state index contributed by atoms with van der Waals surface area (Å²) in [6.07, 6.45) is 0. The normalized spacial score (nSPS) is 8.25. The van der Waals surface area contributed by atoms with Gasteiger partial charge >= 0.3 is 102 Å². The number of hydrogen-bond donors (Lipinski definition) is 12. The fourth-order valence-electron chi connectivity index (χ4n) is 4.80. The van der Waals surface area contributed by atoms with Crippen LogP contribution >= 0.6 is 0 Å². The minimum atomic E-state index is -2.17. The summed E-state index contributed by atoms with van der Waals surface area (Å²) in [6, 6.07) is 0.222. The van der Waals surface area contributed by atoms with Crippen LogP contribution < -0.4 is 0 Å². The Hall–Kier alpha value is -8.98. The van der Waals surface area contributed by atoms with Crippen LogP contribution in [0.5, 0.6) is 0 Å². The summed E-state index contributed by atoms with van der Waals surface area (Å²) in [6.45, 7) is 0. The van der Waals surface area contributed by atoms with Gasteiger partial charge in [-0.25, -0.2) is 57.5 Å². The van der Waals surface area contributed by atoms with E-state index in [4.69, 9.17) is 60.3 Å². The lowest BCUT2D eigenvalue weighted by Crippen LogP contribution is -2.33. The third kappa shape index (κ3) is 133. The van der Waals surface area contributed by atoms with Crippen molar-refractivity contribution < 1.29 is 118 Å². The summed E-state index contributed by atoms with van der Waals surface area (Å²) < 4.78 is 0. The molecule has 0 aromatic heterocycles. The molecule has 0 aliphatic carbocycles. The SMILES string of the molecule is CN(C)C(=O)N(C)C.CN(C)C(=O)N(C)C.CN(C)C(=O)N(C)C.CN(C)C(=O)N(C)C.CN(C)C(=O)N(C)C.CN(C)C(=O)N(C)C.CN(C)C(=O)N(C)C.CN(C)C(=O)N(C)C.CN(C)C(=O)N(C)C.CN(C)C(=O)N(C)C.CN(C)C(=O)N(C)C.CN(C)C(=O)N(C)C.OB(O)O.OB(O)O.OB(O)O.OB(O)O. The summed E-state index contributed by atoms with van der Waals surface area (Å²) in [4.78, 5) is 165. The lowest BCUT2D eigenvalue weighted by molar-refractivity contribution is 0.190. The summed E-state index contributed by atoms with van der Waals surface area (Å²) in [5, 5.41) is 86.0. The van der Waals surface area contributed by atoms with Gasteiger partial charge in [0.25, 0.3) is 0 Å². The second kappa shape index (κ2) is 84.5. The molecule has 0 aliphatic heterocycles. The smallest absolute Gasteiger partial charge is 0.402 e. The van der Waals surface area contributed by atoms with Crippen molar-refractivity contribution in [3.8, 4) is 0 Å². The van der Waals surface area contributed by atoms with E-state index < -0.39 is 29.3 Å². The molecule has 672 valence electrons. The monoisotopic (exact) mass is 1640 g/mol. The standard InChI is InChI=1S/12C5H12N2O.4BH3O3/c12*1-6(2)5(8)7(3)4;4*2-1(3)4/h12*1-4H3;4*2-4H. The second-order valence-corrected chi connectivity index (χ2v) is 26.2. The lowest BCUT2D eigenvalue weighted by atomic mass is 10.3. The Balaban J connectivity index is -0.0000000630. The zero-order valence-electron chi connectivity index (χ0n) is 77.3. The van der Waals surface area contributed by atoms with Crippen molar-refractivity contribution in [1.29, 1.82) is 0 Å². The molecule has 0 atom stereocenters. The van der Waals surface area contributed by atoms with E-state index in [2.05, 4.69) is 0 Å². The highest BCUT2D eigenvalue weighted by Gasteiger charge is 2.10. The number of amides is 24. The molecule has 48 nitrogen and oxygen atoms in total. The predicted octanol–water partition coefficient (Wildman–Crippen LogP) is -5.45. The van der Waals surface area contributed by atoms with E-state index in [0.29, 0.717) is 0 Å². The van der Waals surface area contributed by atoms with Gasteiger partial charge in [0.15, 0.2) is 0 Å². The fraction of sp³-hybridized carbons (Fsp3) is 0.800. The number of urea groups is 12. The molecule has 0 saturated heterocycles. The van der Waals surface area contributed by atoms with E-state index in [-0.39, 0.29) is 72.4 Å². The van der Waals surface area contributed by atoms with Gasteiger partial charge < -0.3 is 178 Å². The maximum absolute atomic E-state index is 10.7. The number of nitrogens with zero attached hydrogens (tertiary/aromatic N) is 24. The summed E-state index contributed by atoms with van der Waals surface area (Å²) in [5.41, 5.74) is 0. The van der Waals surface area contributed by atoms with Crippen LogP contribution in [0.1, 0.15) is 0 Å². The average molecular weight is 1640 g/mol. The molecule has 0 unspecified atom stereocenters. The Morgan fingerprint density at radius 3 is 0.125 bits per heavy atom. The summed E-state index contributed by atoms with van der Waals surface area (Å²) in [7, 11) is 74.1. The van der Waals surface area contributed by atoms with E-state index in [9.17, 15) is 57.5 Å². The Morgan fingerprint density at radius 1 is 0.107 bits per heavy atom. The maximum atomic E-state index is 10.7. The predicted molar refractivity (Wildman–Crippen MR) is 443 cm³/mol. The maximum Gasteiger partial charge on any atom is 0.631 e. The van der Waals surface area contributed by atoms with E-state index in [1.54, 1.807) is 338 Å². The number of carbonyl (C=O) groups is 12. The van der Waals surface area contributed by atoms with Crippen molar-refractivity contribution in [2.45, 2.75) is 0 Å². The average Bonchev–Trinajstić information content (AvgIpc) is 1.13. The van der Waals surface area contributed by atoms with Crippen molar-refractivity contribution >= 4 is 102 Å². The molecule has 0 fully saturated rings. The first-order valence-electron chi connectivity index (χ1n) is 32.4. The van der Waals surface area contributed by atoms with E-state index in [0.717, 1.165) is 0 Å². The molecular weight excluding hydrogens is 1480 g/mol. The van der Waals surface area contributed by atoms with Crippen LogP contribution in [-0.2, 0) is 0 Å². The van der Waals surface area contributed by atoms with Crippen molar-refractivity contribution in [1.82, 2.24) is 118 Å². The van der Waals surface area contributed by atoms with Crippen LogP contribution in [0, 0.1) is 0 Å². The molecule has 0 bridgehead atoms. The van der Waals surface area contributed by atoms with E-state index in [1.165, 1.54) is 118 Å².